The van der Waals surface area contributed by atoms with Crippen molar-refractivity contribution in [3.8, 4) is 0 Å². The molecule has 0 aromatic heterocycles. The fourth-order valence-corrected chi connectivity index (χ4v) is 1.06. The molecule has 0 spiro atoms. The molecule has 0 unspecified atom stereocenters. The van der Waals surface area contributed by atoms with E-state index < -0.39 is 11.9 Å². The lowest BCUT2D eigenvalue weighted by atomic mass is 10.1. The molecule has 0 aliphatic carbocycles. The van der Waals surface area contributed by atoms with E-state index in [0.29, 0.717) is 5.02 Å². The Labute approximate surface area is 86.9 Å². The van der Waals surface area contributed by atoms with Gasteiger partial charge >= 0.3 is 0 Å². The molecule has 0 saturated carbocycles. The smallest absolute Gasteiger partial charge is 0.129 e. The number of hydrogen-bond acceptors (Lipinski definition) is 2. The van der Waals surface area contributed by atoms with E-state index >= 15 is 0 Å². The van der Waals surface area contributed by atoms with Crippen molar-refractivity contribution in [3.05, 3.63) is 34.6 Å². The summed E-state index contributed by atoms with van der Waals surface area (Å²) in [6.07, 6.45) is 0. The summed E-state index contributed by atoms with van der Waals surface area (Å²) in [7, 11) is 0. The SMILES string of the molecule is Cl.N[C@H](CO)c1ccc(Cl)cc1F. The highest BCUT2D eigenvalue weighted by molar-refractivity contribution is 6.30. The lowest BCUT2D eigenvalue weighted by molar-refractivity contribution is 0.265. The van der Waals surface area contributed by atoms with Crippen molar-refractivity contribution in [1.82, 2.24) is 0 Å². The zero-order chi connectivity index (χ0) is 9.14. The monoisotopic (exact) mass is 225 g/mol. The molecule has 0 radical (unpaired) electrons. The first-order valence-electron chi connectivity index (χ1n) is 3.46. The molecule has 3 N–H and O–H groups in total. The van der Waals surface area contributed by atoms with Crippen LogP contribution in [-0.4, -0.2) is 11.7 Å². The maximum atomic E-state index is 13.0. The summed E-state index contributed by atoms with van der Waals surface area (Å²) >= 11 is 5.52. The van der Waals surface area contributed by atoms with Crippen LogP contribution in [0.4, 0.5) is 4.39 Å². The van der Waals surface area contributed by atoms with E-state index in [0.717, 1.165) is 0 Å². The molecule has 0 aliphatic heterocycles. The summed E-state index contributed by atoms with van der Waals surface area (Å²) < 4.78 is 13.0. The molecule has 5 heteroatoms. The summed E-state index contributed by atoms with van der Waals surface area (Å²) in [5.74, 6) is -0.482. The number of halogens is 3. The van der Waals surface area contributed by atoms with Gasteiger partial charge in [-0.25, -0.2) is 4.39 Å². The second kappa shape index (κ2) is 5.40. The Kier molecular flexibility index (Phi) is 5.25. The lowest BCUT2D eigenvalue weighted by Gasteiger charge is -2.09. The van der Waals surface area contributed by atoms with Gasteiger partial charge in [0.05, 0.1) is 12.6 Å². The van der Waals surface area contributed by atoms with Crippen LogP contribution in [0.15, 0.2) is 18.2 Å². The minimum atomic E-state index is -0.678. The summed E-state index contributed by atoms with van der Waals surface area (Å²) in [6, 6.07) is 3.50. The van der Waals surface area contributed by atoms with Gasteiger partial charge < -0.3 is 10.8 Å². The molecular formula is C8H10Cl2FNO. The summed E-state index contributed by atoms with van der Waals surface area (Å²) in [5, 5.41) is 8.98. The number of nitrogens with two attached hydrogens (primary N) is 1. The van der Waals surface area contributed by atoms with E-state index in [1.54, 1.807) is 0 Å². The Bertz CT molecular complexity index is 283. The van der Waals surface area contributed by atoms with Crippen molar-refractivity contribution in [2.75, 3.05) is 6.61 Å². The van der Waals surface area contributed by atoms with Crippen LogP contribution >= 0.6 is 24.0 Å². The molecule has 2 nitrogen and oxygen atoms in total. The Morgan fingerprint density at radius 2 is 2.15 bits per heavy atom. The van der Waals surface area contributed by atoms with Crippen molar-refractivity contribution < 1.29 is 9.50 Å². The van der Waals surface area contributed by atoms with Gasteiger partial charge in [0.1, 0.15) is 5.82 Å². The molecule has 0 amide bonds. The molecule has 74 valence electrons. The largest absolute Gasteiger partial charge is 0.394 e. The zero-order valence-corrected chi connectivity index (χ0v) is 8.28. The minimum Gasteiger partial charge on any atom is -0.394 e. The van der Waals surface area contributed by atoms with E-state index in [2.05, 4.69) is 0 Å². The van der Waals surface area contributed by atoms with Crippen molar-refractivity contribution in [2.24, 2.45) is 5.73 Å². The number of aliphatic hydroxyl groups is 1. The highest BCUT2D eigenvalue weighted by Gasteiger charge is 2.09. The fraction of sp³-hybridized carbons (Fsp3) is 0.250. The summed E-state index contributed by atoms with van der Waals surface area (Å²) in [5.41, 5.74) is 5.69. The average molecular weight is 226 g/mol. The maximum Gasteiger partial charge on any atom is 0.129 e. The Morgan fingerprint density at radius 3 is 2.62 bits per heavy atom. The van der Waals surface area contributed by atoms with Crippen LogP contribution in [0.25, 0.3) is 0 Å². The van der Waals surface area contributed by atoms with E-state index in [1.165, 1.54) is 18.2 Å². The Morgan fingerprint density at radius 1 is 1.54 bits per heavy atom. The molecule has 13 heavy (non-hydrogen) atoms. The standard InChI is InChI=1S/C8H9ClFNO.ClH/c9-5-1-2-6(7(10)3-5)8(11)4-12;/h1-3,8,12H,4,11H2;1H/t8-;/m1./s1. The van der Waals surface area contributed by atoms with Gasteiger partial charge in [0.25, 0.3) is 0 Å². The second-order valence-corrected chi connectivity index (χ2v) is 2.89. The summed E-state index contributed by atoms with van der Waals surface area (Å²) in [6.45, 7) is -0.279. The van der Waals surface area contributed by atoms with E-state index in [9.17, 15) is 4.39 Å². The Hall–Kier alpha value is -0.350. The minimum absolute atomic E-state index is 0. The van der Waals surface area contributed by atoms with Crippen LogP contribution in [0.1, 0.15) is 11.6 Å². The number of rotatable bonds is 2. The van der Waals surface area contributed by atoms with Crippen LogP contribution in [-0.2, 0) is 0 Å². The maximum absolute atomic E-state index is 13.0. The van der Waals surface area contributed by atoms with E-state index in [-0.39, 0.29) is 24.6 Å². The topological polar surface area (TPSA) is 46.2 Å². The van der Waals surface area contributed by atoms with Gasteiger partial charge in [0.15, 0.2) is 0 Å². The highest BCUT2D eigenvalue weighted by atomic mass is 35.5. The van der Waals surface area contributed by atoms with Gasteiger partial charge in [-0.15, -0.1) is 12.4 Å². The van der Waals surface area contributed by atoms with Crippen LogP contribution < -0.4 is 5.73 Å². The third-order valence-electron chi connectivity index (χ3n) is 1.56. The third-order valence-corrected chi connectivity index (χ3v) is 1.79. The van der Waals surface area contributed by atoms with Crippen molar-refractivity contribution in [2.45, 2.75) is 6.04 Å². The lowest BCUT2D eigenvalue weighted by Crippen LogP contribution is -2.15. The normalized spacial score (nSPS) is 12.0. The first-order chi connectivity index (χ1) is 5.65. The molecule has 1 aromatic rings. The van der Waals surface area contributed by atoms with Crippen LogP contribution in [0, 0.1) is 5.82 Å². The highest BCUT2D eigenvalue weighted by Crippen LogP contribution is 2.18. The summed E-state index contributed by atoms with van der Waals surface area (Å²) in [4.78, 5) is 0. The van der Waals surface area contributed by atoms with Crippen molar-refractivity contribution in [1.29, 1.82) is 0 Å². The van der Waals surface area contributed by atoms with E-state index in [4.69, 9.17) is 22.4 Å². The van der Waals surface area contributed by atoms with Crippen LogP contribution in [0.5, 0.6) is 0 Å². The number of aliphatic hydroxyl groups excluding tert-OH is 1. The van der Waals surface area contributed by atoms with Crippen molar-refractivity contribution in [3.63, 3.8) is 0 Å². The molecule has 0 saturated heterocycles. The molecule has 1 aromatic carbocycles. The molecule has 0 aliphatic rings. The van der Waals surface area contributed by atoms with Gasteiger partial charge in [-0.3, -0.25) is 0 Å². The third kappa shape index (κ3) is 3.12. The van der Waals surface area contributed by atoms with Crippen LogP contribution in [0.3, 0.4) is 0 Å². The predicted octanol–water partition coefficient (Wildman–Crippen LogP) is 1.89. The van der Waals surface area contributed by atoms with Crippen LogP contribution in [0.2, 0.25) is 5.02 Å². The van der Waals surface area contributed by atoms with Gasteiger partial charge in [-0.2, -0.15) is 0 Å². The van der Waals surface area contributed by atoms with Gasteiger partial charge in [-0.05, 0) is 12.1 Å². The molecule has 0 fully saturated rings. The quantitative estimate of drug-likeness (QED) is 0.808. The first kappa shape index (κ1) is 12.7. The first-order valence-corrected chi connectivity index (χ1v) is 3.84. The number of benzene rings is 1. The average Bonchev–Trinajstić information content (AvgIpc) is 2.03. The number of hydrogen-bond donors (Lipinski definition) is 2. The second-order valence-electron chi connectivity index (χ2n) is 2.45. The van der Waals surface area contributed by atoms with Gasteiger partial charge in [0, 0.05) is 10.6 Å². The molecule has 1 atom stereocenters. The molecule has 0 bridgehead atoms. The Balaban J connectivity index is 0.00000144. The van der Waals surface area contributed by atoms with Gasteiger partial charge in [-0.1, -0.05) is 17.7 Å². The van der Waals surface area contributed by atoms with Crippen molar-refractivity contribution >= 4 is 24.0 Å². The zero-order valence-electron chi connectivity index (χ0n) is 6.71. The van der Waals surface area contributed by atoms with Gasteiger partial charge in [0.2, 0.25) is 0 Å². The molecule has 1 rings (SSSR count). The molecule has 0 heterocycles. The van der Waals surface area contributed by atoms with E-state index in [1.807, 2.05) is 0 Å². The fourth-order valence-electron chi connectivity index (χ4n) is 0.901. The predicted molar refractivity (Wildman–Crippen MR) is 52.7 cm³/mol. The molecular weight excluding hydrogens is 216 g/mol.